The molecule has 53 heavy (non-hydrogen) atoms. The zero-order valence-electron chi connectivity index (χ0n) is 29.2. The fraction of sp³-hybridized carbons (Fsp3) is 0. The van der Waals surface area contributed by atoms with Gasteiger partial charge in [0.05, 0.1) is 5.69 Å². The van der Waals surface area contributed by atoms with Crippen molar-refractivity contribution in [1.29, 1.82) is 0 Å². The highest BCUT2D eigenvalue weighted by Gasteiger charge is 2.18. The van der Waals surface area contributed by atoms with Gasteiger partial charge in [-0.05, 0) is 114 Å². The molecule has 0 bridgehead atoms. The molecule has 0 unspecified atom stereocenters. The van der Waals surface area contributed by atoms with Gasteiger partial charge in [0.2, 0.25) is 0 Å². The fourth-order valence-electron chi connectivity index (χ4n) is 7.94. The summed E-state index contributed by atoms with van der Waals surface area (Å²) in [6, 6.07) is 77.3. The third-order valence-electron chi connectivity index (χ3n) is 10.6. The lowest BCUT2D eigenvalue weighted by molar-refractivity contribution is 1.30. The first-order chi connectivity index (χ1) is 26.3. The van der Waals surface area contributed by atoms with Gasteiger partial charge in [-0.2, -0.15) is 0 Å². The van der Waals surface area contributed by atoms with Crippen LogP contribution >= 0.6 is 0 Å². The maximum absolute atomic E-state index is 2.41. The van der Waals surface area contributed by atoms with Crippen molar-refractivity contribution in [2.24, 2.45) is 0 Å². The summed E-state index contributed by atoms with van der Waals surface area (Å²) in [5.41, 5.74) is 10.6. The fourth-order valence-corrected chi connectivity index (χ4v) is 7.94. The first-order valence-corrected chi connectivity index (χ1v) is 18.3. The Labute approximate surface area is 309 Å². The highest BCUT2D eigenvalue weighted by molar-refractivity contribution is 6.14. The van der Waals surface area contributed by atoms with Crippen LogP contribution in [0.1, 0.15) is 0 Å². The quantitative estimate of drug-likeness (QED) is 0.159. The Morgan fingerprint density at radius 1 is 0.226 bits per heavy atom. The van der Waals surface area contributed by atoms with E-state index in [1.165, 1.54) is 76.5 Å². The van der Waals surface area contributed by atoms with Crippen molar-refractivity contribution >= 4 is 60.2 Å². The third-order valence-corrected chi connectivity index (χ3v) is 10.6. The summed E-state index contributed by atoms with van der Waals surface area (Å²) in [7, 11) is 0. The van der Waals surface area contributed by atoms with Crippen LogP contribution in [0.5, 0.6) is 0 Å². The van der Waals surface area contributed by atoms with E-state index in [1.807, 2.05) is 0 Å². The van der Waals surface area contributed by atoms with Crippen molar-refractivity contribution in [2.75, 3.05) is 4.90 Å². The van der Waals surface area contributed by atoms with Crippen LogP contribution in [0.4, 0.5) is 17.1 Å². The molecule has 248 valence electrons. The summed E-state index contributed by atoms with van der Waals surface area (Å²) < 4.78 is 0. The monoisotopic (exact) mass is 673 g/mol. The van der Waals surface area contributed by atoms with Gasteiger partial charge in [-0.1, -0.05) is 170 Å². The molecule has 10 aromatic carbocycles. The van der Waals surface area contributed by atoms with E-state index in [2.05, 4.69) is 217 Å². The molecule has 0 aliphatic carbocycles. The van der Waals surface area contributed by atoms with Crippen LogP contribution in [0.25, 0.3) is 76.5 Å². The van der Waals surface area contributed by atoms with Gasteiger partial charge in [-0.15, -0.1) is 0 Å². The molecule has 0 heterocycles. The summed E-state index contributed by atoms with van der Waals surface area (Å²) in [6.07, 6.45) is 0. The molecule has 0 aromatic heterocycles. The Hall–Kier alpha value is -6.96. The lowest BCUT2D eigenvalue weighted by atomic mass is 9.96. The van der Waals surface area contributed by atoms with Gasteiger partial charge >= 0.3 is 0 Å². The predicted molar refractivity (Wildman–Crippen MR) is 227 cm³/mol. The number of benzene rings is 10. The molecule has 10 rings (SSSR count). The van der Waals surface area contributed by atoms with Crippen molar-refractivity contribution < 1.29 is 0 Å². The van der Waals surface area contributed by atoms with E-state index in [-0.39, 0.29) is 0 Å². The molecule has 1 nitrogen and oxygen atoms in total. The number of fused-ring (bicyclic) bond motifs is 6. The lowest BCUT2D eigenvalue weighted by Gasteiger charge is -2.28. The maximum Gasteiger partial charge on any atom is 0.0546 e. The van der Waals surface area contributed by atoms with Crippen molar-refractivity contribution in [3.8, 4) is 33.4 Å². The molecular formula is C52H35N. The second kappa shape index (κ2) is 13.0. The summed E-state index contributed by atoms with van der Waals surface area (Å²) in [4.78, 5) is 2.41. The van der Waals surface area contributed by atoms with Gasteiger partial charge < -0.3 is 4.90 Å². The van der Waals surface area contributed by atoms with Crippen LogP contribution in [0.15, 0.2) is 212 Å². The topological polar surface area (TPSA) is 3.24 Å². The predicted octanol–water partition coefficient (Wildman–Crippen LogP) is 14.8. The Bertz CT molecular complexity index is 2920. The summed E-state index contributed by atoms with van der Waals surface area (Å²) in [6.45, 7) is 0. The minimum atomic E-state index is 1.11. The number of anilines is 3. The Kier molecular flexibility index (Phi) is 7.55. The largest absolute Gasteiger partial charge is 0.310 e. The number of hydrogen-bond donors (Lipinski definition) is 0. The van der Waals surface area contributed by atoms with E-state index >= 15 is 0 Å². The molecule has 1 heteroatoms. The minimum absolute atomic E-state index is 1.11. The zero-order valence-corrected chi connectivity index (χ0v) is 29.2. The molecule has 0 atom stereocenters. The van der Waals surface area contributed by atoms with Crippen molar-refractivity contribution in [3.05, 3.63) is 212 Å². The SMILES string of the molecule is c1ccc(-c2cccc(-c3ccc(N(c4ccc(-c5ccc6ccc7ccccc7c6c5)cc4)c4cc5ccccc5c5ccccc45)cc3)c2)cc1. The van der Waals surface area contributed by atoms with Gasteiger partial charge in [0.1, 0.15) is 0 Å². The summed E-state index contributed by atoms with van der Waals surface area (Å²) in [5, 5.41) is 10.0. The standard InChI is InChI=1S/C52H35N/c1-2-11-36(12-3-1)41-15-10-16-42(33-41)37-25-29-45(30-26-37)53(52-35-44-14-5-7-18-48(44)49-19-8-9-20-50(49)52)46-31-27-38(28-32-46)43-24-23-40-22-21-39-13-4-6-17-47(39)51(40)34-43/h1-35H. The van der Waals surface area contributed by atoms with Gasteiger partial charge in [-0.25, -0.2) is 0 Å². The molecule has 0 spiro atoms. The number of rotatable bonds is 6. The van der Waals surface area contributed by atoms with Crippen LogP contribution in [0.3, 0.4) is 0 Å². The minimum Gasteiger partial charge on any atom is -0.310 e. The molecule has 0 saturated carbocycles. The second-order valence-corrected chi connectivity index (χ2v) is 13.8. The normalized spacial score (nSPS) is 11.4. The van der Waals surface area contributed by atoms with Gasteiger partial charge in [-0.3, -0.25) is 0 Å². The van der Waals surface area contributed by atoms with Crippen molar-refractivity contribution in [2.45, 2.75) is 0 Å². The van der Waals surface area contributed by atoms with Gasteiger partial charge in [0.25, 0.3) is 0 Å². The van der Waals surface area contributed by atoms with Gasteiger partial charge in [0.15, 0.2) is 0 Å². The van der Waals surface area contributed by atoms with E-state index in [1.54, 1.807) is 0 Å². The molecule has 0 radical (unpaired) electrons. The van der Waals surface area contributed by atoms with Crippen LogP contribution in [-0.2, 0) is 0 Å². The van der Waals surface area contributed by atoms with Crippen LogP contribution in [-0.4, -0.2) is 0 Å². The molecular weight excluding hydrogens is 639 g/mol. The number of nitrogens with zero attached hydrogens (tertiary/aromatic N) is 1. The van der Waals surface area contributed by atoms with E-state index in [4.69, 9.17) is 0 Å². The van der Waals surface area contributed by atoms with Crippen molar-refractivity contribution in [3.63, 3.8) is 0 Å². The first-order valence-electron chi connectivity index (χ1n) is 18.3. The van der Waals surface area contributed by atoms with Crippen LogP contribution < -0.4 is 4.90 Å². The smallest absolute Gasteiger partial charge is 0.0546 e. The average molecular weight is 674 g/mol. The van der Waals surface area contributed by atoms with E-state index in [0.29, 0.717) is 0 Å². The van der Waals surface area contributed by atoms with Crippen molar-refractivity contribution in [1.82, 2.24) is 0 Å². The highest BCUT2D eigenvalue weighted by atomic mass is 15.1. The third kappa shape index (κ3) is 5.60. The second-order valence-electron chi connectivity index (χ2n) is 13.8. The maximum atomic E-state index is 2.41. The van der Waals surface area contributed by atoms with E-state index < -0.39 is 0 Å². The molecule has 0 aliphatic heterocycles. The molecule has 0 fully saturated rings. The first kappa shape index (κ1) is 30.8. The van der Waals surface area contributed by atoms with E-state index in [0.717, 1.165) is 17.1 Å². The molecule has 10 aromatic rings. The Balaban J connectivity index is 1.09. The molecule has 0 saturated heterocycles. The zero-order chi connectivity index (χ0) is 35.1. The summed E-state index contributed by atoms with van der Waals surface area (Å²) >= 11 is 0. The molecule has 0 aliphatic rings. The number of hydrogen-bond acceptors (Lipinski definition) is 1. The lowest BCUT2D eigenvalue weighted by Crippen LogP contribution is -2.10. The van der Waals surface area contributed by atoms with E-state index in [9.17, 15) is 0 Å². The summed E-state index contributed by atoms with van der Waals surface area (Å²) in [5.74, 6) is 0. The molecule has 0 amide bonds. The van der Waals surface area contributed by atoms with Crippen LogP contribution in [0, 0.1) is 0 Å². The Morgan fingerprint density at radius 2 is 0.660 bits per heavy atom. The highest BCUT2D eigenvalue weighted by Crippen LogP contribution is 2.43. The van der Waals surface area contributed by atoms with Crippen LogP contribution in [0.2, 0.25) is 0 Å². The molecule has 0 N–H and O–H groups in total. The van der Waals surface area contributed by atoms with Gasteiger partial charge in [0, 0.05) is 16.8 Å². The Morgan fingerprint density at radius 3 is 1.32 bits per heavy atom. The average Bonchev–Trinajstić information content (AvgIpc) is 3.24.